The van der Waals surface area contributed by atoms with Crippen molar-refractivity contribution in [1.29, 1.82) is 0 Å². The molecule has 24 heavy (non-hydrogen) atoms. The van der Waals surface area contributed by atoms with Gasteiger partial charge in [-0.05, 0) is 33.1 Å². The van der Waals surface area contributed by atoms with Gasteiger partial charge in [0.25, 0.3) is 10.0 Å². The molecule has 1 saturated carbocycles. The predicted molar refractivity (Wildman–Crippen MR) is 87.0 cm³/mol. The zero-order valence-electron chi connectivity index (χ0n) is 14.0. The van der Waals surface area contributed by atoms with Gasteiger partial charge in [0.1, 0.15) is 5.82 Å². The molecule has 9 heteroatoms. The fourth-order valence-electron chi connectivity index (χ4n) is 3.24. The second-order valence-corrected chi connectivity index (χ2v) is 8.50. The summed E-state index contributed by atoms with van der Waals surface area (Å²) in [5, 5.41) is 8.57. The average Bonchev–Trinajstić information content (AvgIpc) is 3.00. The zero-order chi connectivity index (χ0) is 16.9. The van der Waals surface area contributed by atoms with Crippen LogP contribution < -0.4 is 0 Å². The van der Waals surface area contributed by atoms with Crippen molar-refractivity contribution in [3.8, 4) is 0 Å². The fourth-order valence-corrected chi connectivity index (χ4v) is 4.72. The van der Waals surface area contributed by atoms with Crippen molar-refractivity contribution in [3.63, 3.8) is 0 Å². The molecule has 130 valence electrons. The van der Waals surface area contributed by atoms with Crippen molar-refractivity contribution < 1.29 is 8.42 Å². The minimum Gasteiger partial charge on any atom is -0.334 e. The number of rotatable bonds is 5. The molecule has 1 aliphatic heterocycles. The molecule has 2 aliphatic rings. The molecule has 0 aromatic carbocycles. The maximum atomic E-state index is 12.8. The van der Waals surface area contributed by atoms with Crippen LogP contribution in [0.15, 0.2) is 17.4 Å². The van der Waals surface area contributed by atoms with E-state index in [1.807, 2.05) is 29.3 Å². The van der Waals surface area contributed by atoms with E-state index >= 15 is 0 Å². The number of aryl methyl sites for hydroxylation is 2. The fraction of sp³-hybridized carbons (Fsp3) is 0.667. The van der Waals surface area contributed by atoms with Crippen LogP contribution in [0.4, 0.5) is 0 Å². The number of sulfonamides is 1. The van der Waals surface area contributed by atoms with Crippen LogP contribution in [0, 0.1) is 6.92 Å². The van der Waals surface area contributed by atoms with Crippen LogP contribution in [0.5, 0.6) is 0 Å². The smallest absolute Gasteiger partial charge is 0.262 e. The predicted octanol–water partition coefficient (Wildman–Crippen LogP) is 1.32. The molecule has 0 amide bonds. The maximum Gasteiger partial charge on any atom is 0.262 e. The third-order valence-electron chi connectivity index (χ3n) is 4.92. The Bertz CT molecular complexity index is 851. The number of hydrogen-bond donors (Lipinski definition) is 0. The highest BCUT2D eigenvalue weighted by Crippen LogP contribution is 2.39. The van der Waals surface area contributed by atoms with E-state index in [4.69, 9.17) is 0 Å². The Morgan fingerprint density at radius 2 is 2.04 bits per heavy atom. The molecule has 2 aromatic rings. The number of hydrogen-bond acceptors (Lipinski definition) is 5. The third kappa shape index (κ3) is 2.65. The van der Waals surface area contributed by atoms with E-state index in [-0.39, 0.29) is 11.1 Å². The van der Waals surface area contributed by atoms with E-state index in [9.17, 15) is 8.42 Å². The first-order chi connectivity index (χ1) is 11.5. The lowest BCUT2D eigenvalue weighted by molar-refractivity contribution is 0.427. The Morgan fingerprint density at radius 1 is 1.25 bits per heavy atom. The minimum atomic E-state index is -3.55. The van der Waals surface area contributed by atoms with Crippen molar-refractivity contribution in [2.75, 3.05) is 13.1 Å². The molecule has 4 rings (SSSR count). The van der Waals surface area contributed by atoms with Crippen LogP contribution >= 0.6 is 0 Å². The first kappa shape index (κ1) is 15.8. The van der Waals surface area contributed by atoms with Gasteiger partial charge in [-0.1, -0.05) is 5.21 Å². The largest absolute Gasteiger partial charge is 0.334 e. The number of aromatic nitrogens is 5. The highest BCUT2D eigenvalue weighted by atomic mass is 32.2. The molecule has 0 bridgehead atoms. The topological polar surface area (TPSA) is 85.9 Å². The molecule has 3 heterocycles. The van der Waals surface area contributed by atoms with Crippen LogP contribution in [0.1, 0.15) is 49.7 Å². The highest BCUT2D eigenvalue weighted by Gasteiger charge is 2.36. The molecule has 2 fully saturated rings. The SMILES string of the molecule is CCn1cc(S(=O)(=O)N2CCC(n3cc(C4CC4)nn3)C2)nc1C. The van der Waals surface area contributed by atoms with E-state index in [1.165, 1.54) is 17.1 Å². The van der Waals surface area contributed by atoms with Crippen molar-refractivity contribution in [2.45, 2.75) is 56.6 Å². The maximum absolute atomic E-state index is 12.8. The summed E-state index contributed by atoms with van der Waals surface area (Å²) in [4.78, 5) is 4.23. The highest BCUT2D eigenvalue weighted by molar-refractivity contribution is 7.89. The van der Waals surface area contributed by atoms with Crippen molar-refractivity contribution in [1.82, 2.24) is 28.9 Å². The lowest BCUT2D eigenvalue weighted by Gasteiger charge is -2.14. The van der Waals surface area contributed by atoms with E-state index in [1.54, 1.807) is 6.20 Å². The summed E-state index contributed by atoms with van der Waals surface area (Å²) in [5.74, 6) is 1.28. The summed E-state index contributed by atoms with van der Waals surface area (Å²) < 4.78 is 30.8. The molecule has 0 spiro atoms. The van der Waals surface area contributed by atoms with Gasteiger partial charge in [-0.3, -0.25) is 0 Å². The minimum absolute atomic E-state index is 0.0501. The van der Waals surface area contributed by atoms with E-state index < -0.39 is 10.0 Å². The van der Waals surface area contributed by atoms with Gasteiger partial charge in [0.15, 0.2) is 5.03 Å². The summed E-state index contributed by atoms with van der Waals surface area (Å²) in [5.41, 5.74) is 1.04. The summed E-state index contributed by atoms with van der Waals surface area (Å²) in [6.07, 6.45) is 6.72. The van der Waals surface area contributed by atoms with Crippen molar-refractivity contribution in [3.05, 3.63) is 23.9 Å². The Kier molecular flexibility index (Phi) is 3.72. The van der Waals surface area contributed by atoms with Crippen molar-refractivity contribution >= 4 is 10.0 Å². The molecule has 8 nitrogen and oxygen atoms in total. The number of imidazole rings is 1. The van der Waals surface area contributed by atoms with E-state index in [0.29, 0.717) is 25.6 Å². The van der Waals surface area contributed by atoms with Gasteiger partial charge < -0.3 is 4.57 Å². The van der Waals surface area contributed by atoms with Gasteiger partial charge in [0.2, 0.25) is 0 Å². The van der Waals surface area contributed by atoms with Crippen LogP contribution in [0.25, 0.3) is 0 Å². The Balaban J connectivity index is 1.52. The van der Waals surface area contributed by atoms with E-state index in [0.717, 1.165) is 17.9 Å². The Hall–Kier alpha value is -1.74. The Labute approximate surface area is 141 Å². The Morgan fingerprint density at radius 3 is 2.71 bits per heavy atom. The van der Waals surface area contributed by atoms with Crippen LogP contribution in [0.2, 0.25) is 0 Å². The van der Waals surface area contributed by atoms with Crippen LogP contribution in [0.3, 0.4) is 0 Å². The molecule has 0 N–H and O–H groups in total. The third-order valence-corrected chi connectivity index (χ3v) is 6.66. The molecule has 1 unspecified atom stereocenters. The van der Waals surface area contributed by atoms with Gasteiger partial charge in [0, 0.05) is 37.9 Å². The normalized spacial score (nSPS) is 22.3. The second kappa shape index (κ2) is 5.66. The zero-order valence-corrected chi connectivity index (χ0v) is 14.8. The summed E-state index contributed by atoms with van der Waals surface area (Å²) in [6, 6.07) is 0.0501. The molecule has 1 saturated heterocycles. The monoisotopic (exact) mass is 350 g/mol. The first-order valence-corrected chi connectivity index (χ1v) is 9.88. The van der Waals surface area contributed by atoms with E-state index in [2.05, 4.69) is 15.3 Å². The molecule has 2 aromatic heterocycles. The standard InChI is InChI=1S/C15H22N6O2S/c1-3-19-10-15(16-11(19)2)24(22,23)20-7-6-13(8-20)21-9-14(17-18-21)12-4-5-12/h9-10,12-13H,3-8H2,1-2H3. The number of nitrogens with zero attached hydrogens (tertiary/aromatic N) is 6. The van der Waals surface area contributed by atoms with Crippen LogP contribution in [-0.4, -0.2) is 50.4 Å². The molecule has 0 radical (unpaired) electrons. The summed E-state index contributed by atoms with van der Waals surface area (Å²) in [7, 11) is -3.55. The molecular weight excluding hydrogens is 328 g/mol. The first-order valence-electron chi connectivity index (χ1n) is 8.44. The lowest BCUT2D eigenvalue weighted by Crippen LogP contribution is -2.29. The van der Waals surface area contributed by atoms with Gasteiger partial charge >= 0.3 is 0 Å². The summed E-state index contributed by atoms with van der Waals surface area (Å²) in [6.45, 7) is 5.42. The van der Waals surface area contributed by atoms with Gasteiger partial charge in [-0.25, -0.2) is 18.1 Å². The lowest BCUT2D eigenvalue weighted by atomic mass is 10.2. The molecular formula is C15H22N6O2S. The van der Waals surface area contributed by atoms with Crippen molar-refractivity contribution in [2.24, 2.45) is 0 Å². The van der Waals surface area contributed by atoms with Crippen LogP contribution in [-0.2, 0) is 16.6 Å². The van der Waals surface area contributed by atoms with Gasteiger partial charge in [-0.2, -0.15) is 4.31 Å². The average molecular weight is 350 g/mol. The molecule has 1 aliphatic carbocycles. The molecule has 1 atom stereocenters. The second-order valence-electron chi connectivity index (χ2n) is 6.62. The van der Waals surface area contributed by atoms with Gasteiger partial charge in [0.05, 0.1) is 11.7 Å². The van der Waals surface area contributed by atoms with Gasteiger partial charge in [-0.15, -0.1) is 5.10 Å². The quantitative estimate of drug-likeness (QED) is 0.812. The summed E-state index contributed by atoms with van der Waals surface area (Å²) >= 11 is 0.